The lowest BCUT2D eigenvalue weighted by Gasteiger charge is -2.39. The third-order valence-corrected chi connectivity index (χ3v) is 3.55. The molecule has 0 aromatic heterocycles. The smallest absolute Gasteiger partial charge is 0.471 e. The van der Waals surface area contributed by atoms with Gasteiger partial charge < -0.3 is 14.9 Å². The minimum atomic E-state index is -8.15. The van der Waals surface area contributed by atoms with Crippen molar-refractivity contribution in [3.8, 4) is 5.75 Å². The van der Waals surface area contributed by atoms with Gasteiger partial charge in [-0.3, -0.25) is 0 Å². The van der Waals surface area contributed by atoms with E-state index in [0.29, 0.717) is 0 Å². The first-order valence-corrected chi connectivity index (χ1v) is 7.20. The van der Waals surface area contributed by atoms with Crippen LogP contribution in [0, 0.1) is 0 Å². The number of aromatic carboxylic acids is 2. The Bertz CT molecular complexity index is 875. The molecule has 1 rings (SSSR count). The van der Waals surface area contributed by atoms with Crippen molar-refractivity contribution in [2.24, 2.45) is 0 Å². The Morgan fingerprint density at radius 2 is 0.938 bits per heavy atom. The lowest BCUT2D eigenvalue weighted by atomic mass is 9.97. The average molecular weight is 500 g/mol. The van der Waals surface area contributed by atoms with Crippen molar-refractivity contribution in [2.45, 2.75) is 36.0 Å². The average Bonchev–Trinajstić information content (AvgIpc) is 2.59. The molecule has 0 aliphatic rings. The fourth-order valence-electron chi connectivity index (χ4n) is 1.87. The molecule has 182 valence electrons. The van der Waals surface area contributed by atoms with Crippen LogP contribution in [-0.2, 0) is 0 Å². The largest absolute Gasteiger partial charge is 0.478 e. The lowest BCUT2D eigenvalue weighted by Crippen LogP contribution is -2.70. The summed E-state index contributed by atoms with van der Waals surface area (Å²) in [5.74, 6) is -38.2. The summed E-state index contributed by atoms with van der Waals surface area (Å²) in [5.41, 5.74) is -2.58. The molecule has 0 aliphatic carbocycles. The number of hydrogen-bond acceptors (Lipinski definition) is 3. The van der Waals surface area contributed by atoms with Crippen molar-refractivity contribution < 1.29 is 81.6 Å². The van der Waals surface area contributed by atoms with E-state index in [1.165, 1.54) is 0 Å². The van der Waals surface area contributed by atoms with Gasteiger partial charge in [0.1, 0.15) is 5.75 Å². The maximum atomic E-state index is 13.7. The second-order valence-corrected chi connectivity index (χ2v) is 5.77. The number of hydrogen-bond donors (Lipinski definition) is 2. The Morgan fingerprint density at radius 3 is 1.25 bits per heavy atom. The van der Waals surface area contributed by atoms with E-state index in [-0.39, 0.29) is 18.2 Å². The van der Waals surface area contributed by atoms with Crippen molar-refractivity contribution in [2.75, 3.05) is 0 Å². The van der Waals surface area contributed by atoms with Crippen LogP contribution in [0.4, 0.5) is 57.1 Å². The van der Waals surface area contributed by atoms with Crippen LogP contribution in [0.2, 0.25) is 0 Å². The van der Waals surface area contributed by atoms with E-state index in [1.807, 2.05) is 0 Å². The monoisotopic (exact) mass is 500 g/mol. The number of ether oxygens (including phenoxy) is 1. The third-order valence-electron chi connectivity index (χ3n) is 3.55. The Hall–Kier alpha value is -2.95. The molecule has 0 saturated heterocycles. The molecule has 18 heteroatoms. The SMILES string of the molecule is O=C(O)c1cc(OC(F)(F)C(F)(F)C(F)(F)C(F)(F)C(F)(F)C(F)(F)F)cc(C(=O)O)c1. The lowest BCUT2D eigenvalue weighted by molar-refractivity contribution is -0.456. The molecule has 0 fully saturated rings. The fourth-order valence-corrected chi connectivity index (χ4v) is 1.87. The highest BCUT2D eigenvalue weighted by atomic mass is 19.4. The molecule has 0 unspecified atom stereocenters. The molecule has 0 heterocycles. The van der Waals surface area contributed by atoms with Crippen LogP contribution < -0.4 is 4.74 Å². The number of carboxylic acid groups (broad SMARTS) is 2. The van der Waals surface area contributed by atoms with Gasteiger partial charge in [-0.2, -0.15) is 57.1 Å². The Morgan fingerprint density at radius 1 is 0.594 bits per heavy atom. The second kappa shape index (κ2) is 7.58. The molecular weight excluding hydrogens is 495 g/mol. The zero-order chi connectivity index (χ0) is 25.7. The zero-order valence-electron chi connectivity index (χ0n) is 14.3. The second-order valence-electron chi connectivity index (χ2n) is 5.77. The molecule has 32 heavy (non-hydrogen) atoms. The summed E-state index contributed by atoms with van der Waals surface area (Å²) < 4.78 is 172. The van der Waals surface area contributed by atoms with E-state index >= 15 is 0 Å². The van der Waals surface area contributed by atoms with Gasteiger partial charge in [-0.25, -0.2) is 9.59 Å². The highest BCUT2D eigenvalue weighted by Gasteiger charge is 2.91. The summed E-state index contributed by atoms with van der Waals surface area (Å²) in [6.45, 7) is 0. The quantitative estimate of drug-likeness (QED) is 0.483. The number of halogens is 13. The molecule has 0 spiro atoms. The van der Waals surface area contributed by atoms with Crippen molar-refractivity contribution >= 4 is 11.9 Å². The van der Waals surface area contributed by atoms with Gasteiger partial charge in [0.25, 0.3) is 0 Å². The maximum Gasteiger partial charge on any atom is 0.471 e. The number of rotatable bonds is 8. The Kier molecular flexibility index (Phi) is 6.41. The van der Waals surface area contributed by atoms with Crippen molar-refractivity contribution in [3.05, 3.63) is 29.3 Å². The predicted molar refractivity (Wildman–Crippen MR) is 71.8 cm³/mol. The molecular formula is C14H5F13O5. The standard InChI is InChI=1S/C14H5F13O5/c15-9(16,11(19,20)13(23,24)25)10(17,18)12(21,22)14(26,27)32-6-2-4(7(28)29)1-5(3-6)8(30)31/h1-3H,(H,28,29)(H,30,31). The molecule has 2 N–H and O–H groups in total. The number of benzene rings is 1. The molecule has 0 amide bonds. The minimum Gasteiger partial charge on any atom is -0.478 e. The van der Waals surface area contributed by atoms with Gasteiger partial charge in [0.2, 0.25) is 0 Å². The maximum absolute atomic E-state index is 13.7. The van der Waals surface area contributed by atoms with Crippen LogP contribution in [0.3, 0.4) is 0 Å². The normalized spacial score (nSPS) is 14.3. The van der Waals surface area contributed by atoms with E-state index < -0.39 is 64.8 Å². The topological polar surface area (TPSA) is 83.8 Å². The molecule has 1 aromatic rings. The van der Waals surface area contributed by atoms with Gasteiger partial charge in [0, 0.05) is 0 Å². The number of carboxylic acids is 2. The first kappa shape index (κ1) is 27.1. The molecule has 0 aliphatic heterocycles. The van der Waals surface area contributed by atoms with Gasteiger partial charge in [0.05, 0.1) is 11.1 Å². The van der Waals surface area contributed by atoms with Gasteiger partial charge in [-0.15, -0.1) is 0 Å². The van der Waals surface area contributed by atoms with Gasteiger partial charge in [0.15, 0.2) is 0 Å². The van der Waals surface area contributed by atoms with E-state index in [2.05, 4.69) is 4.74 Å². The summed E-state index contributed by atoms with van der Waals surface area (Å²) in [7, 11) is 0. The Labute approximate surface area is 166 Å². The van der Waals surface area contributed by atoms with Crippen LogP contribution in [0.5, 0.6) is 5.75 Å². The predicted octanol–water partition coefficient (Wildman–Crippen LogP) is 5.16. The van der Waals surface area contributed by atoms with Crippen molar-refractivity contribution in [1.82, 2.24) is 0 Å². The summed E-state index contributed by atoms with van der Waals surface area (Å²) >= 11 is 0. The number of carbonyl (C=O) groups is 2. The van der Waals surface area contributed by atoms with E-state index in [9.17, 15) is 66.7 Å². The van der Waals surface area contributed by atoms with Crippen LogP contribution in [0.25, 0.3) is 0 Å². The van der Waals surface area contributed by atoms with Crippen molar-refractivity contribution in [1.29, 1.82) is 0 Å². The highest BCUT2D eigenvalue weighted by molar-refractivity contribution is 5.94. The van der Waals surface area contributed by atoms with Crippen LogP contribution >= 0.6 is 0 Å². The van der Waals surface area contributed by atoms with E-state index in [1.54, 1.807) is 0 Å². The van der Waals surface area contributed by atoms with Gasteiger partial charge >= 0.3 is 47.9 Å². The van der Waals surface area contributed by atoms with Crippen LogP contribution in [0.15, 0.2) is 18.2 Å². The van der Waals surface area contributed by atoms with E-state index in [4.69, 9.17) is 10.2 Å². The first-order chi connectivity index (χ1) is 13.9. The number of alkyl halides is 13. The first-order valence-electron chi connectivity index (χ1n) is 7.20. The summed E-state index contributed by atoms with van der Waals surface area (Å²) in [6.07, 6.45) is -14.6. The fraction of sp³-hybridized carbons (Fsp3) is 0.429. The van der Waals surface area contributed by atoms with Gasteiger partial charge in [-0.1, -0.05) is 0 Å². The molecule has 1 aromatic carbocycles. The van der Waals surface area contributed by atoms with Gasteiger partial charge in [-0.05, 0) is 18.2 Å². The molecule has 0 saturated carbocycles. The van der Waals surface area contributed by atoms with E-state index in [0.717, 1.165) is 0 Å². The molecule has 5 nitrogen and oxygen atoms in total. The summed E-state index contributed by atoms with van der Waals surface area (Å²) in [4.78, 5) is 21.6. The summed E-state index contributed by atoms with van der Waals surface area (Å²) in [5, 5.41) is 17.4. The van der Waals surface area contributed by atoms with Crippen molar-refractivity contribution in [3.63, 3.8) is 0 Å². The molecule has 0 radical (unpaired) electrons. The molecule has 0 bridgehead atoms. The third kappa shape index (κ3) is 4.08. The van der Waals surface area contributed by atoms with Crippen LogP contribution in [-0.4, -0.2) is 58.1 Å². The van der Waals surface area contributed by atoms with Crippen LogP contribution in [0.1, 0.15) is 20.7 Å². The zero-order valence-corrected chi connectivity index (χ0v) is 14.3. The molecule has 0 atom stereocenters. The Balaban J connectivity index is 3.56. The highest BCUT2D eigenvalue weighted by Crippen LogP contribution is 2.60. The summed E-state index contributed by atoms with van der Waals surface area (Å²) in [6, 6.07) is -0.140. The minimum absolute atomic E-state index is 0.181.